The van der Waals surface area contributed by atoms with Gasteiger partial charge in [0.15, 0.2) is 5.65 Å². The lowest BCUT2D eigenvalue weighted by atomic mass is 9.92. The summed E-state index contributed by atoms with van der Waals surface area (Å²) in [6.07, 6.45) is 8.99. The minimum atomic E-state index is 0.300. The van der Waals surface area contributed by atoms with E-state index in [4.69, 9.17) is 15.6 Å². The average molecular weight is 567 g/mol. The van der Waals surface area contributed by atoms with E-state index in [1.807, 2.05) is 54.6 Å². The van der Waals surface area contributed by atoms with E-state index in [0.29, 0.717) is 11.9 Å². The van der Waals surface area contributed by atoms with E-state index in [0.717, 1.165) is 71.7 Å². The molecule has 2 aromatic heterocycles. The molecule has 3 N–H and O–H groups in total. The summed E-state index contributed by atoms with van der Waals surface area (Å²) in [6, 6.07) is 18.9. The fourth-order valence-corrected chi connectivity index (χ4v) is 7.14. The van der Waals surface area contributed by atoms with Crippen LogP contribution in [0.15, 0.2) is 60.9 Å². The number of para-hydroxylation sites is 1. The van der Waals surface area contributed by atoms with Crippen molar-refractivity contribution in [3.05, 3.63) is 60.9 Å². The minimum Gasteiger partial charge on any atom is -0.457 e. The molecular weight excluding hydrogens is 524 g/mol. The highest BCUT2D eigenvalue weighted by atomic mass is 16.5. The number of nitrogens with zero attached hydrogens (tertiary/aromatic N) is 6. The zero-order valence-electron chi connectivity index (χ0n) is 24.4. The largest absolute Gasteiger partial charge is 0.457 e. The quantitative estimate of drug-likeness (QED) is 0.324. The number of rotatable bonds is 7. The topological polar surface area (TPSA) is 97.4 Å². The van der Waals surface area contributed by atoms with Gasteiger partial charge in [0.05, 0.1) is 11.4 Å². The van der Waals surface area contributed by atoms with Crippen LogP contribution in [0.25, 0.3) is 22.3 Å². The normalized spacial score (nSPS) is 20.3. The van der Waals surface area contributed by atoms with Crippen molar-refractivity contribution in [1.29, 1.82) is 0 Å². The van der Waals surface area contributed by atoms with Crippen molar-refractivity contribution in [2.24, 2.45) is 5.92 Å². The summed E-state index contributed by atoms with van der Waals surface area (Å²) in [4.78, 5) is 14.4. The number of hydrogen-bond donors (Lipinski definition) is 2. The van der Waals surface area contributed by atoms with Gasteiger partial charge >= 0.3 is 0 Å². The maximum Gasteiger partial charge on any atom is 0.164 e. The molecule has 0 spiro atoms. The third-order valence-electron chi connectivity index (χ3n) is 9.52. The van der Waals surface area contributed by atoms with E-state index in [2.05, 4.69) is 29.8 Å². The SMILES string of the molecule is Nc1ncnc2c1c(-c1ccc(Oc3ccccc3)cc1)nn2C1CCN(CC2CCN(C3CCNCC3)CC2)CC1. The minimum absolute atomic E-state index is 0.300. The first-order chi connectivity index (χ1) is 20.7. The number of fused-ring (bicyclic) bond motifs is 1. The molecule has 3 aliphatic rings. The number of nitrogens with two attached hydrogens (primary N) is 1. The number of anilines is 1. The Morgan fingerprint density at radius 2 is 1.50 bits per heavy atom. The molecule has 3 fully saturated rings. The van der Waals surface area contributed by atoms with Gasteiger partial charge in [-0.25, -0.2) is 14.6 Å². The van der Waals surface area contributed by atoms with Crippen LogP contribution >= 0.6 is 0 Å². The molecule has 3 aliphatic heterocycles. The van der Waals surface area contributed by atoms with Crippen molar-refractivity contribution in [2.75, 3.05) is 51.5 Å². The number of hydrogen-bond acceptors (Lipinski definition) is 8. The highest BCUT2D eigenvalue weighted by molar-refractivity contribution is 5.98. The van der Waals surface area contributed by atoms with Gasteiger partial charge in [-0.1, -0.05) is 18.2 Å². The molecule has 2 aromatic carbocycles. The number of likely N-dealkylation sites (tertiary alicyclic amines) is 2. The first kappa shape index (κ1) is 27.3. The van der Waals surface area contributed by atoms with Crippen molar-refractivity contribution in [3.63, 3.8) is 0 Å². The standard InChI is InChI=1S/C33H42N8O/c34-32-30-31(25-6-8-29(9-7-25)42-28-4-2-1-3-5-28)38-41(33(30)37-23-36-32)27-14-18-39(19-15-27)22-24-12-20-40(21-13-24)26-10-16-35-17-11-26/h1-9,23-24,26-27,35H,10-22H2,(H2,34,36,37). The predicted octanol–water partition coefficient (Wildman–Crippen LogP) is 4.97. The molecule has 3 saturated heterocycles. The average Bonchev–Trinajstić information content (AvgIpc) is 3.44. The Bertz CT molecular complexity index is 1450. The van der Waals surface area contributed by atoms with Gasteiger partial charge in [0.1, 0.15) is 29.3 Å². The van der Waals surface area contributed by atoms with Gasteiger partial charge in [0.2, 0.25) is 0 Å². The molecule has 0 saturated carbocycles. The molecule has 42 heavy (non-hydrogen) atoms. The lowest BCUT2D eigenvalue weighted by Gasteiger charge is -2.41. The Morgan fingerprint density at radius 3 is 2.24 bits per heavy atom. The van der Waals surface area contributed by atoms with E-state index in [1.165, 1.54) is 58.4 Å². The molecule has 0 aliphatic carbocycles. The molecule has 0 atom stereocenters. The van der Waals surface area contributed by atoms with Gasteiger partial charge in [0, 0.05) is 31.2 Å². The first-order valence-electron chi connectivity index (χ1n) is 15.7. The van der Waals surface area contributed by atoms with Crippen LogP contribution in [-0.2, 0) is 0 Å². The van der Waals surface area contributed by atoms with Crippen LogP contribution < -0.4 is 15.8 Å². The van der Waals surface area contributed by atoms with Crippen molar-refractivity contribution in [2.45, 2.75) is 50.6 Å². The molecular formula is C33H42N8O. The van der Waals surface area contributed by atoms with Gasteiger partial charge in [-0.2, -0.15) is 5.10 Å². The maximum absolute atomic E-state index is 6.41. The van der Waals surface area contributed by atoms with Crippen molar-refractivity contribution in [3.8, 4) is 22.8 Å². The molecule has 4 aromatic rings. The molecule has 0 bridgehead atoms. The second kappa shape index (κ2) is 12.4. The molecule has 5 heterocycles. The number of aromatic nitrogens is 4. The zero-order valence-corrected chi connectivity index (χ0v) is 24.4. The number of nitrogen functional groups attached to an aromatic ring is 1. The second-order valence-electron chi connectivity index (χ2n) is 12.2. The van der Waals surface area contributed by atoms with Crippen LogP contribution in [0.2, 0.25) is 0 Å². The first-order valence-corrected chi connectivity index (χ1v) is 15.7. The van der Waals surface area contributed by atoms with Crippen LogP contribution in [0, 0.1) is 5.92 Å². The van der Waals surface area contributed by atoms with Crippen molar-refractivity contribution >= 4 is 16.9 Å². The van der Waals surface area contributed by atoms with Crippen LogP contribution in [0.5, 0.6) is 11.5 Å². The van der Waals surface area contributed by atoms with Gasteiger partial charge in [-0.05, 0) is 107 Å². The molecule has 9 heteroatoms. The Hall–Kier alpha value is -3.53. The molecule has 0 unspecified atom stereocenters. The lowest BCUT2D eigenvalue weighted by molar-refractivity contribution is 0.0847. The van der Waals surface area contributed by atoms with E-state index in [1.54, 1.807) is 6.33 Å². The monoisotopic (exact) mass is 566 g/mol. The van der Waals surface area contributed by atoms with Crippen LogP contribution in [0.4, 0.5) is 5.82 Å². The molecule has 7 rings (SSSR count). The second-order valence-corrected chi connectivity index (χ2v) is 12.2. The fourth-order valence-electron chi connectivity index (χ4n) is 7.14. The maximum atomic E-state index is 6.41. The smallest absolute Gasteiger partial charge is 0.164 e. The van der Waals surface area contributed by atoms with E-state index in [-0.39, 0.29) is 0 Å². The number of piperidine rings is 3. The van der Waals surface area contributed by atoms with Gasteiger partial charge in [0.25, 0.3) is 0 Å². The van der Waals surface area contributed by atoms with Crippen molar-refractivity contribution in [1.82, 2.24) is 34.9 Å². The lowest BCUT2D eigenvalue weighted by Crippen LogP contribution is -2.48. The molecule has 220 valence electrons. The highest BCUT2D eigenvalue weighted by Gasteiger charge is 2.30. The highest BCUT2D eigenvalue weighted by Crippen LogP contribution is 2.35. The summed E-state index contributed by atoms with van der Waals surface area (Å²) in [7, 11) is 0. The predicted molar refractivity (Wildman–Crippen MR) is 167 cm³/mol. The number of ether oxygens (including phenoxy) is 1. The van der Waals surface area contributed by atoms with Gasteiger partial charge in [-0.15, -0.1) is 0 Å². The number of benzene rings is 2. The molecule has 0 radical (unpaired) electrons. The number of nitrogens with one attached hydrogen (secondary N) is 1. The Kier molecular flexibility index (Phi) is 8.04. The Morgan fingerprint density at radius 1 is 0.786 bits per heavy atom. The summed E-state index contributed by atoms with van der Waals surface area (Å²) in [5, 5.41) is 9.45. The fraction of sp³-hybridized carbons (Fsp3) is 0.485. The zero-order chi connectivity index (χ0) is 28.3. The van der Waals surface area contributed by atoms with Crippen LogP contribution in [-0.4, -0.2) is 81.4 Å². The summed E-state index contributed by atoms with van der Waals surface area (Å²) >= 11 is 0. The van der Waals surface area contributed by atoms with Crippen LogP contribution in [0.3, 0.4) is 0 Å². The van der Waals surface area contributed by atoms with E-state index < -0.39 is 0 Å². The summed E-state index contributed by atoms with van der Waals surface area (Å²) in [5.74, 6) is 2.88. The van der Waals surface area contributed by atoms with Gasteiger partial charge in [-0.3, -0.25) is 0 Å². The van der Waals surface area contributed by atoms with Crippen molar-refractivity contribution < 1.29 is 4.74 Å². The Balaban J connectivity index is 1.00. The molecule has 0 amide bonds. The van der Waals surface area contributed by atoms with E-state index >= 15 is 0 Å². The third-order valence-corrected chi connectivity index (χ3v) is 9.52. The van der Waals surface area contributed by atoms with Gasteiger partial charge < -0.3 is 25.6 Å². The van der Waals surface area contributed by atoms with Crippen LogP contribution in [0.1, 0.15) is 44.6 Å². The summed E-state index contributed by atoms with van der Waals surface area (Å²) in [6.45, 7) is 8.33. The van der Waals surface area contributed by atoms with E-state index in [9.17, 15) is 0 Å². The molecule has 9 nitrogen and oxygen atoms in total. The summed E-state index contributed by atoms with van der Waals surface area (Å²) in [5.41, 5.74) is 9.05. The Labute approximate surface area is 248 Å². The summed E-state index contributed by atoms with van der Waals surface area (Å²) < 4.78 is 8.11. The third kappa shape index (κ3) is 5.86.